The van der Waals surface area contributed by atoms with Crippen molar-refractivity contribution in [3.8, 4) is 6.07 Å². The average molecular weight is 457 g/mol. The van der Waals surface area contributed by atoms with E-state index in [-0.39, 0.29) is 0 Å². The van der Waals surface area contributed by atoms with Crippen LogP contribution in [0.1, 0.15) is 28.4 Å². The Balaban J connectivity index is 1.52. The Hall–Kier alpha value is -2.79. The van der Waals surface area contributed by atoms with Crippen molar-refractivity contribution in [2.75, 3.05) is 5.32 Å². The van der Waals surface area contributed by atoms with Gasteiger partial charge in [-0.3, -0.25) is 4.79 Å². The smallest absolute Gasteiger partial charge is 0.338 e. The highest BCUT2D eigenvalue weighted by atomic mass is 35.5. The van der Waals surface area contributed by atoms with Crippen LogP contribution in [0.25, 0.3) is 0 Å². The molecule has 2 aromatic carbocycles. The molecule has 30 heavy (non-hydrogen) atoms. The van der Waals surface area contributed by atoms with Gasteiger partial charge in [-0.1, -0.05) is 23.7 Å². The molecule has 3 rings (SSSR count). The monoisotopic (exact) mass is 456 g/mol. The Bertz CT molecular complexity index is 1070. The van der Waals surface area contributed by atoms with Crippen LogP contribution in [0.5, 0.6) is 0 Å². The number of halogens is 1. The second-order valence-electron chi connectivity index (χ2n) is 6.25. The van der Waals surface area contributed by atoms with Crippen LogP contribution in [0, 0.1) is 11.3 Å². The highest BCUT2D eigenvalue weighted by Gasteiger charge is 2.20. The van der Waals surface area contributed by atoms with Gasteiger partial charge in [0, 0.05) is 15.7 Å². The molecule has 1 atom stereocenters. The molecule has 0 aliphatic heterocycles. The van der Waals surface area contributed by atoms with Gasteiger partial charge in [0.25, 0.3) is 5.91 Å². The summed E-state index contributed by atoms with van der Waals surface area (Å²) in [5.74, 6) is -0.322. The van der Waals surface area contributed by atoms with Crippen LogP contribution < -0.4 is 5.32 Å². The maximum absolute atomic E-state index is 12.3. The van der Waals surface area contributed by atoms with Crippen LogP contribution in [0.4, 0.5) is 5.00 Å². The molecule has 3 aromatic rings. The van der Waals surface area contributed by atoms with E-state index in [0.29, 0.717) is 21.2 Å². The largest absolute Gasteiger partial charge is 0.449 e. The molecule has 1 unspecified atom stereocenters. The molecule has 8 heteroatoms. The zero-order chi connectivity index (χ0) is 21.5. The third-order valence-corrected chi connectivity index (χ3v) is 6.25. The Morgan fingerprint density at radius 1 is 1.17 bits per heavy atom. The van der Waals surface area contributed by atoms with Gasteiger partial charge in [0.1, 0.15) is 11.1 Å². The van der Waals surface area contributed by atoms with Crippen molar-refractivity contribution in [3.63, 3.8) is 0 Å². The molecule has 0 saturated carbocycles. The Morgan fingerprint density at radius 2 is 1.87 bits per heavy atom. The van der Waals surface area contributed by atoms with Crippen LogP contribution in [-0.2, 0) is 15.3 Å². The van der Waals surface area contributed by atoms with E-state index in [0.717, 1.165) is 16.2 Å². The molecule has 1 amide bonds. The lowest BCUT2D eigenvalue weighted by atomic mass is 10.1. The van der Waals surface area contributed by atoms with Crippen molar-refractivity contribution in [2.24, 2.45) is 0 Å². The lowest BCUT2D eigenvalue weighted by Crippen LogP contribution is -2.29. The van der Waals surface area contributed by atoms with Crippen LogP contribution in [0.3, 0.4) is 0 Å². The third kappa shape index (κ3) is 5.86. The molecule has 5 nitrogen and oxygen atoms in total. The predicted octanol–water partition coefficient (Wildman–Crippen LogP) is 5.75. The summed E-state index contributed by atoms with van der Waals surface area (Å²) in [5, 5.41) is 14.5. The number of ether oxygens (including phenoxy) is 1. The molecule has 1 aromatic heterocycles. The first-order valence-corrected chi connectivity index (χ1v) is 11.2. The minimum Gasteiger partial charge on any atom is -0.449 e. The zero-order valence-corrected chi connectivity index (χ0v) is 18.3. The summed E-state index contributed by atoms with van der Waals surface area (Å²) >= 11 is 8.79. The number of hydrogen-bond acceptors (Lipinski definition) is 6. The minimum absolute atomic E-state index is 0.365. The number of carbonyl (C=O) groups excluding carboxylic acids is 2. The summed E-state index contributed by atoms with van der Waals surface area (Å²) in [6.45, 7) is 1.49. The number of amides is 1. The van der Waals surface area contributed by atoms with Gasteiger partial charge in [0.2, 0.25) is 0 Å². The normalized spacial score (nSPS) is 11.4. The molecule has 1 N–H and O–H groups in total. The highest BCUT2D eigenvalue weighted by molar-refractivity contribution is 7.98. The number of thioether (sulfide) groups is 1. The standard InChI is InChI=1S/C22H17ClN2O3S2/c1-14(20(26)25-21-17(12-24)10-11-29-21)28-22(27)16-4-2-15(3-5-16)13-30-19-8-6-18(23)7-9-19/h2-11,14H,13H2,1H3,(H,25,26). The van der Waals surface area contributed by atoms with Crippen molar-refractivity contribution in [3.05, 3.63) is 81.7 Å². The molecule has 0 aliphatic rings. The number of thiophene rings is 1. The van der Waals surface area contributed by atoms with Crippen LogP contribution in [0.2, 0.25) is 5.02 Å². The second kappa shape index (κ2) is 10.3. The number of anilines is 1. The van der Waals surface area contributed by atoms with Crippen molar-refractivity contribution >= 4 is 51.6 Å². The van der Waals surface area contributed by atoms with Gasteiger partial charge in [0.05, 0.1) is 11.1 Å². The van der Waals surface area contributed by atoms with E-state index >= 15 is 0 Å². The number of nitrogens with one attached hydrogen (secondary N) is 1. The maximum Gasteiger partial charge on any atom is 0.338 e. The Morgan fingerprint density at radius 3 is 2.53 bits per heavy atom. The lowest BCUT2D eigenvalue weighted by molar-refractivity contribution is -0.123. The summed E-state index contributed by atoms with van der Waals surface area (Å²) < 4.78 is 5.25. The zero-order valence-electron chi connectivity index (χ0n) is 15.9. The quantitative estimate of drug-likeness (QED) is 0.361. The molecule has 0 fully saturated rings. The number of hydrogen-bond donors (Lipinski definition) is 1. The SMILES string of the molecule is CC(OC(=O)c1ccc(CSc2ccc(Cl)cc2)cc1)C(=O)Nc1sccc1C#N. The van der Waals surface area contributed by atoms with Gasteiger partial charge in [0.15, 0.2) is 6.10 Å². The fourth-order valence-corrected chi connectivity index (χ4v) is 4.14. The fraction of sp³-hybridized carbons (Fsp3) is 0.136. The molecule has 0 saturated heterocycles. The van der Waals surface area contributed by atoms with Crippen molar-refractivity contribution in [1.82, 2.24) is 0 Å². The molecule has 0 radical (unpaired) electrons. The van der Waals surface area contributed by atoms with E-state index in [1.54, 1.807) is 35.3 Å². The molecular weight excluding hydrogens is 440 g/mol. The minimum atomic E-state index is -0.994. The van der Waals surface area contributed by atoms with Gasteiger partial charge >= 0.3 is 5.97 Å². The summed E-state index contributed by atoms with van der Waals surface area (Å²) in [6, 6.07) is 18.3. The van der Waals surface area contributed by atoms with E-state index in [9.17, 15) is 9.59 Å². The van der Waals surface area contributed by atoms with E-state index in [2.05, 4.69) is 5.32 Å². The van der Waals surface area contributed by atoms with Gasteiger partial charge in [-0.25, -0.2) is 4.79 Å². The van der Waals surface area contributed by atoms with Crippen molar-refractivity contribution in [2.45, 2.75) is 23.7 Å². The Labute approximate surface area is 187 Å². The first-order chi connectivity index (χ1) is 14.5. The maximum atomic E-state index is 12.3. The van der Waals surface area contributed by atoms with E-state index < -0.39 is 18.0 Å². The summed E-state index contributed by atoms with van der Waals surface area (Å²) in [7, 11) is 0. The predicted molar refractivity (Wildman–Crippen MR) is 120 cm³/mol. The van der Waals surface area contributed by atoms with E-state index in [4.69, 9.17) is 21.6 Å². The molecule has 0 aliphatic carbocycles. The first-order valence-electron chi connectivity index (χ1n) is 8.93. The van der Waals surface area contributed by atoms with Gasteiger partial charge in [-0.15, -0.1) is 23.1 Å². The third-order valence-electron chi connectivity index (χ3n) is 4.08. The topological polar surface area (TPSA) is 79.2 Å². The van der Waals surface area contributed by atoms with E-state index in [1.807, 2.05) is 42.5 Å². The fourth-order valence-electron chi connectivity index (χ4n) is 2.42. The van der Waals surface area contributed by atoms with Gasteiger partial charge in [-0.2, -0.15) is 5.26 Å². The number of rotatable bonds is 7. The first kappa shape index (κ1) is 21.9. The Kier molecular flexibility index (Phi) is 7.52. The van der Waals surface area contributed by atoms with Crippen molar-refractivity contribution in [1.29, 1.82) is 5.26 Å². The lowest BCUT2D eigenvalue weighted by Gasteiger charge is -2.13. The number of benzene rings is 2. The van der Waals surface area contributed by atoms with Gasteiger partial charge in [-0.05, 0) is 60.3 Å². The van der Waals surface area contributed by atoms with E-state index in [1.165, 1.54) is 18.3 Å². The number of nitriles is 1. The number of nitrogens with zero attached hydrogens (tertiary/aromatic N) is 1. The van der Waals surface area contributed by atoms with Crippen LogP contribution in [0.15, 0.2) is 64.9 Å². The van der Waals surface area contributed by atoms with Gasteiger partial charge < -0.3 is 10.1 Å². The summed E-state index contributed by atoms with van der Waals surface area (Å²) in [5.41, 5.74) is 1.79. The number of esters is 1. The van der Waals surface area contributed by atoms with Crippen LogP contribution in [-0.4, -0.2) is 18.0 Å². The molecular formula is C22H17ClN2O3S2. The average Bonchev–Trinajstić information content (AvgIpc) is 3.20. The highest BCUT2D eigenvalue weighted by Crippen LogP contribution is 2.25. The molecule has 0 spiro atoms. The summed E-state index contributed by atoms with van der Waals surface area (Å²) in [4.78, 5) is 25.7. The van der Waals surface area contributed by atoms with Crippen LogP contribution >= 0.6 is 34.7 Å². The second-order valence-corrected chi connectivity index (χ2v) is 8.65. The molecule has 0 bridgehead atoms. The molecule has 1 heterocycles. The number of carbonyl (C=O) groups is 2. The summed E-state index contributed by atoms with van der Waals surface area (Å²) in [6.07, 6.45) is -0.994. The van der Waals surface area contributed by atoms with Crippen molar-refractivity contribution < 1.29 is 14.3 Å². The molecule has 152 valence electrons.